The van der Waals surface area contributed by atoms with Crippen molar-refractivity contribution in [3.8, 4) is 0 Å². The van der Waals surface area contributed by atoms with Gasteiger partial charge in [0.15, 0.2) is 0 Å². The molecule has 19 heavy (non-hydrogen) atoms. The van der Waals surface area contributed by atoms with Gasteiger partial charge in [0.2, 0.25) is 0 Å². The molecule has 0 bridgehead atoms. The SMILES string of the molecule is Cc1cc(CNC(=O)c2ccc(Cl)cc2Cl)c(C)[nH]1. The second-order valence-corrected chi connectivity index (χ2v) is 5.25. The van der Waals surface area contributed by atoms with Gasteiger partial charge in [0, 0.05) is 23.0 Å². The molecule has 0 fully saturated rings. The Bertz CT molecular complexity index is 620. The monoisotopic (exact) mass is 296 g/mol. The molecular weight excluding hydrogens is 283 g/mol. The highest BCUT2D eigenvalue weighted by Crippen LogP contribution is 2.21. The Kier molecular flexibility index (Phi) is 4.17. The molecule has 1 aromatic heterocycles. The summed E-state index contributed by atoms with van der Waals surface area (Å²) in [5, 5.41) is 3.71. The van der Waals surface area contributed by atoms with E-state index in [1.165, 1.54) is 0 Å². The fourth-order valence-electron chi connectivity index (χ4n) is 1.91. The Morgan fingerprint density at radius 3 is 2.58 bits per heavy atom. The summed E-state index contributed by atoms with van der Waals surface area (Å²) in [5.74, 6) is -0.208. The van der Waals surface area contributed by atoms with E-state index in [4.69, 9.17) is 23.2 Å². The van der Waals surface area contributed by atoms with Gasteiger partial charge in [-0.2, -0.15) is 0 Å². The van der Waals surface area contributed by atoms with E-state index in [2.05, 4.69) is 10.3 Å². The van der Waals surface area contributed by atoms with Crippen molar-refractivity contribution in [2.24, 2.45) is 0 Å². The van der Waals surface area contributed by atoms with Gasteiger partial charge in [-0.3, -0.25) is 4.79 Å². The first kappa shape index (κ1) is 14.0. The number of aromatic amines is 1. The van der Waals surface area contributed by atoms with Crippen LogP contribution in [0.1, 0.15) is 27.3 Å². The summed E-state index contributed by atoms with van der Waals surface area (Å²) in [6.45, 7) is 4.42. The summed E-state index contributed by atoms with van der Waals surface area (Å²) in [6.07, 6.45) is 0. The first-order valence-corrected chi connectivity index (χ1v) is 6.61. The van der Waals surface area contributed by atoms with Crippen LogP contribution in [-0.4, -0.2) is 10.9 Å². The highest BCUT2D eigenvalue weighted by molar-refractivity contribution is 6.36. The van der Waals surface area contributed by atoms with E-state index in [0.717, 1.165) is 17.0 Å². The molecule has 0 aliphatic heterocycles. The lowest BCUT2D eigenvalue weighted by atomic mass is 10.2. The number of rotatable bonds is 3. The molecule has 2 rings (SSSR count). The number of benzene rings is 1. The Balaban J connectivity index is 2.07. The molecule has 100 valence electrons. The van der Waals surface area contributed by atoms with Crippen LogP contribution in [0, 0.1) is 13.8 Å². The Morgan fingerprint density at radius 2 is 2.00 bits per heavy atom. The van der Waals surface area contributed by atoms with E-state index in [1.54, 1.807) is 18.2 Å². The third-order valence-electron chi connectivity index (χ3n) is 2.87. The van der Waals surface area contributed by atoms with Crippen molar-refractivity contribution < 1.29 is 4.79 Å². The van der Waals surface area contributed by atoms with Crippen LogP contribution in [0.4, 0.5) is 0 Å². The van der Waals surface area contributed by atoms with Gasteiger partial charge >= 0.3 is 0 Å². The molecule has 0 radical (unpaired) electrons. The van der Waals surface area contributed by atoms with Crippen molar-refractivity contribution in [3.63, 3.8) is 0 Å². The number of amides is 1. The molecule has 0 atom stereocenters. The van der Waals surface area contributed by atoms with Crippen molar-refractivity contribution in [2.45, 2.75) is 20.4 Å². The van der Waals surface area contributed by atoms with Gasteiger partial charge in [-0.1, -0.05) is 23.2 Å². The summed E-state index contributed by atoms with van der Waals surface area (Å²) in [5.41, 5.74) is 3.62. The number of hydrogen-bond acceptors (Lipinski definition) is 1. The summed E-state index contributed by atoms with van der Waals surface area (Å²) in [7, 11) is 0. The van der Waals surface area contributed by atoms with Crippen LogP contribution in [-0.2, 0) is 6.54 Å². The molecule has 2 N–H and O–H groups in total. The zero-order valence-corrected chi connectivity index (χ0v) is 12.2. The maximum absolute atomic E-state index is 12.0. The highest BCUT2D eigenvalue weighted by atomic mass is 35.5. The topological polar surface area (TPSA) is 44.9 Å². The number of nitrogens with one attached hydrogen (secondary N) is 2. The molecule has 2 aromatic rings. The standard InChI is InChI=1S/C14H14Cl2N2O/c1-8-5-10(9(2)18-8)7-17-14(19)12-4-3-11(15)6-13(12)16/h3-6,18H,7H2,1-2H3,(H,17,19). The van der Waals surface area contributed by atoms with Gasteiger partial charge < -0.3 is 10.3 Å². The second-order valence-electron chi connectivity index (χ2n) is 4.41. The third kappa shape index (κ3) is 3.31. The van der Waals surface area contributed by atoms with Gasteiger partial charge in [-0.25, -0.2) is 0 Å². The summed E-state index contributed by atoms with van der Waals surface area (Å²) in [6, 6.07) is 6.84. The van der Waals surface area contributed by atoms with Crippen LogP contribution in [0.3, 0.4) is 0 Å². The largest absolute Gasteiger partial charge is 0.362 e. The van der Waals surface area contributed by atoms with Crippen molar-refractivity contribution in [2.75, 3.05) is 0 Å². The highest BCUT2D eigenvalue weighted by Gasteiger charge is 2.11. The maximum atomic E-state index is 12.0. The zero-order chi connectivity index (χ0) is 14.0. The minimum atomic E-state index is -0.208. The molecule has 0 aliphatic carbocycles. The lowest BCUT2D eigenvalue weighted by Crippen LogP contribution is -2.23. The van der Waals surface area contributed by atoms with Crippen molar-refractivity contribution in [3.05, 3.63) is 56.8 Å². The van der Waals surface area contributed by atoms with Crippen LogP contribution < -0.4 is 5.32 Å². The van der Waals surface area contributed by atoms with Crippen molar-refractivity contribution >= 4 is 29.1 Å². The molecular formula is C14H14Cl2N2O. The number of carbonyl (C=O) groups is 1. The number of aryl methyl sites for hydroxylation is 2. The van der Waals surface area contributed by atoms with Gasteiger partial charge in [0.25, 0.3) is 5.91 Å². The van der Waals surface area contributed by atoms with E-state index in [9.17, 15) is 4.79 Å². The second kappa shape index (κ2) is 5.68. The van der Waals surface area contributed by atoms with Crippen LogP contribution in [0.25, 0.3) is 0 Å². The molecule has 3 nitrogen and oxygen atoms in total. The van der Waals surface area contributed by atoms with Crippen molar-refractivity contribution in [1.29, 1.82) is 0 Å². The lowest BCUT2D eigenvalue weighted by molar-refractivity contribution is 0.0951. The van der Waals surface area contributed by atoms with Crippen LogP contribution in [0.2, 0.25) is 10.0 Å². The zero-order valence-electron chi connectivity index (χ0n) is 10.7. The van der Waals surface area contributed by atoms with E-state index in [0.29, 0.717) is 22.2 Å². The summed E-state index contributed by atoms with van der Waals surface area (Å²) >= 11 is 11.8. The molecule has 1 heterocycles. The van der Waals surface area contributed by atoms with E-state index < -0.39 is 0 Å². The minimum Gasteiger partial charge on any atom is -0.362 e. The van der Waals surface area contributed by atoms with Gasteiger partial charge in [0.1, 0.15) is 0 Å². The van der Waals surface area contributed by atoms with E-state index >= 15 is 0 Å². The smallest absolute Gasteiger partial charge is 0.253 e. The average Bonchev–Trinajstić information content (AvgIpc) is 2.65. The normalized spacial score (nSPS) is 10.5. The molecule has 0 saturated heterocycles. The minimum absolute atomic E-state index is 0.208. The van der Waals surface area contributed by atoms with E-state index in [1.807, 2.05) is 19.9 Å². The molecule has 5 heteroatoms. The maximum Gasteiger partial charge on any atom is 0.253 e. The molecule has 0 aliphatic rings. The summed E-state index contributed by atoms with van der Waals surface area (Å²) in [4.78, 5) is 15.2. The molecule has 0 saturated carbocycles. The Hall–Kier alpha value is -1.45. The fraction of sp³-hybridized carbons (Fsp3) is 0.214. The number of carbonyl (C=O) groups excluding carboxylic acids is 1. The predicted molar refractivity (Wildman–Crippen MR) is 77.9 cm³/mol. The van der Waals surface area contributed by atoms with Gasteiger partial charge in [-0.05, 0) is 43.7 Å². The molecule has 1 aromatic carbocycles. The number of halogens is 2. The summed E-state index contributed by atoms with van der Waals surface area (Å²) < 4.78 is 0. The molecule has 0 unspecified atom stereocenters. The first-order chi connectivity index (χ1) is 8.97. The van der Waals surface area contributed by atoms with Crippen molar-refractivity contribution in [1.82, 2.24) is 10.3 Å². The van der Waals surface area contributed by atoms with Crippen LogP contribution in [0.5, 0.6) is 0 Å². The number of hydrogen-bond donors (Lipinski definition) is 2. The van der Waals surface area contributed by atoms with E-state index in [-0.39, 0.29) is 5.91 Å². The third-order valence-corrected chi connectivity index (χ3v) is 3.42. The van der Waals surface area contributed by atoms with Gasteiger partial charge in [-0.15, -0.1) is 0 Å². The number of H-pyrrole nitrogens is 1. The molecule has 0 spiro atoms. The molecule has 1 amide bonds. The number of aromatic nitrogens is 1. The Morgan fingerprint density at radius 1 is 1.26 bits per heavy atom. The fourth-order valence-corrected chi connectivity index (χ4v) is 2.40. The predicted octanol–water partition coefficient (Wildman–Crippen LogP) is 3.87. The van der Waals surface area contributed by atoms with Gasteiger partial charge in [0.05, 0.1) is 10.6 Å². The average molecular weight is 297 g/mol. The lowest BCUT2D eigenvalue weighted by Gasteiger charge is -2.06. The van der Waals surface area contributed by atoms with Crippen LogP contribution in [0.15, 0.2) is 24.3 Å². The Labute approximate surface area is 121 Å². The quantitative estimate of drug-likeness (QED) is 0.887. The van der Waals surface area contributed by atoms with Crippen LogP contribution >= 0.6 is 23.2 Å². The first-order valence-electron chi connectivity index (χ1n) is 5.85.